The Hall–Kier alpha value is -2.85. The molecule has 4 aromatic rings. The summed E-state index contributed by atoms with van der Waals surface area (Å²) in [7, 11) is 0. The van der Waals surface area contributed by atoms with Crippen molar-refractivity contribution in [2.75, 3.05) is 5.73 Å². The molecule has 0 aliphatic heterocycles. The molecule has 27 heavy (non-hydrogen) atoms. The van der Waals surface area contributed by atoms with Gasteiger partial charge in [0.05, 0.1) is 11.1 Å². The molecule has 0 radical (unpaired) electrons. The quantitative estimate of drug-likeness (QED) is 0.511. The van der Waals surface area contributed by atoms with Crippen LogP contribution in [0.1, 0.15) is 29.0 Å². The van der Waals surface area contributed by atoms with E-state index in [0.29, 0.717) is 17.4 Å². The number of nitrogens with zero attached hydrogens (tertiary/aromatic N) is 2. The van der Waals surface area contributed by atoms with Crippen LogP contribution >= 0.6 is 11.6 Å². The number of fused-ring (bicyclic) bond motifs is 3. The maximum Gasteiger partial charge on any atom is 0.183 e. The largest absolute Gasteiger partial charge is 0.384 e. The Labute approximate surface area is 162 Å². The molecule has 2 aromatic carbocycles. The third-order valence-corrected chi connectivity index (χ3v) is 5.78. The van der Waals surface area contributed by atoms with Crippen molar-refractivity contribution in [3.05, 3.63) is 76.3 Å². The first-order valence-corrected chi connectivity index (χ1v) is 9.54. The van der Waals surface area contributed by atoms with Crippen molar-refractivity contribution < 1.29 is 0 Å². The van der Waals surface area contributed by atoms with Crippen molar-refractivity contribution in [2.45, 2.75) is 25.2 Å². The van der Waals surface area contributed by atoms with Crippen molar-refractivity contribution in [2.24, 2.45) is 0 Å². The first-order valence-electron chi connectivity index (χ1n) is 9.17. The van der Waals surface area contributed by atoms with Gasteiger partial charge in [0.1, 0.15) is 5.82 Å². The van der Waals surface area contributed by atoms with E-state index in [1.54, 1.807) is 0 Å². The fourth-order valence-corrected chi connectivity index (χ4v) is 4.33. The van der Waals surface area contributed by atoms with Gasteiger partial charge in [0.25, 0.3) is 0 Å². The fraction of sp³-hybridized carbons (Fsp3) is 0.182. The summed E-state index contributed by atoms with van der Waals surface area (Å²) < 4.78 is 0. The summed E-state index contributed by atoms with van der Waals surface area (Å²) in [6.45, 7) is 0. The van der Waals surface area contributed by atoms with Gasteiger partial charge >= 0.3 is 0 Å². The second-order valence-electron chi connectivity index (χ2n) is 7.11. The molecule has 0 bridgehead atoms. The predicted octanol–water partition coefficient (Wildman–Crippen LogP) is 5.13. The Morgan fingerprint density at radius 2 is 1.78 bits per heavy atom. The first kappa shape index (κ1) is 16.3. The van der Waals surface area contributed by atoms with Gasteiger partial charge in [-0.05, 0) is 54.0 Å². The average molecular weight is 375 g/mol. The minimum absolute atomic E-state index is 0.483. The molecule has 2 heterocycles. The topological polar surface area (TPSA) is 67.6 Å². The molecule has 134 valence electrons. The van der Waals surface area contributed by atoms with Crippen molar-refractivity contribution in [1.29, 1.82) is 0 Å². The van der Waals surface area contributed by atoms with Crippen LogP contribution in [0.15, 0.2) is 54.6 Å². The predicted molar refractivity (Wildman–Crippen MR) is 110 cm³/mol. The molecule has 1 aliphatic carbocycles. The summed E-state index contributed by atoms with van der Waals surface area (Å²) in [6.07, 6.45) is 3.02. The number of H-pyrrole nitrogens is 1. The lowest BCUT2D eigenvalue weighted by Crippen LogP contribution is -2.15. The number of pyridine rings is 1. The van der Waals surface area contributed by atoms with Gasteiger partial charge in [0.2, 0.25) is 0 Å². The molecule has 5 heteroatoms. The molecule has 5 rings (SSSR count). The molecule has 1 aliphatic rings. The van der Waals surface area contributed by atoms with Gasteiger partial charge in [-0.15, -0.1) is 0 Å². The SMILES string of the molecule is Nc1[nH]nc2nc(-c3ccc(Cl)cc3)c3c(c12)CC(c1ccccc1)CC3. The third-order valence-electron chi connectivity index (χ3n) is 5.53. The second-order valence-corrected chi connectivity index (χ2v) is 7.55. The maximum atomic E-state index is 6.22. The Kier molecular flexibility index (Phi) is 3.87. The number of nitrogens with two attached hydrogens (primary N) is 1. The zero-order valence-corrected chi connectivity index (χ0v) is 15.5. The minimum Gasteiger partial charge on any atom is -0.384 e. The van der Waals surface area contributed by atoms with Gasteiger partial charge in [-0.3, -0.25) is 5.10 Å². The molecule has 0 saturated heterocycles. The van der Waals surface area contributed by atoms with Gasteiger partial charge in [0.15, 0.2) is 5.65 Å². The van der Waals surface area contributed by atoms with Gasteiger partial charge < -0.3 is 5.73 Å². The number of halogens is 1. The zero-order valence-electron chi connectivity index (χ0n) is 14.7. The number of aromatic nitrogens is 3. The monoisotopic (exact) mass is 374 g/mol. The van der Waals surface area contributed by atoms with Crippen LogP contribution in [0.3, 0.4) is 0 Å². The van der Waals surface area contributed by atoms with Gasteiger partial charge in [-0.2, -0.15) is 5.10 Å². The highest BCUT2D eigenvalue weighted by Crippen LogP contribution is 2.41. The first-order chi connectivity index (χ1) is 13.2. The van der Waals surface area contributed by atoms with Crippen molar-refractivity contribution in [3.8, 4) is 11.3 Å². The molecule has 4 nitrogen and oxygen atoms in total. The van der Waals surface area contributed by atoms with E-state index in [2.05, 4.69) is 40.5 Å². The Balaban J connectivity index is 1.69. The Morgan fingerprint density at radius 3 is 2.56 bits per heavy atom. The second kappa shape index (κ2) is 6.39. The number of aromatic amines is 1. The number of nitrogen functional groups attached to an aromatic ring is 1. The molecule has 3 N–H and O–H groups in total. The van der Waals surface area contributed by atoms with E-state index in [9.17, 15) is 0 Å². The van der Waals surface area contributed by atoms with Crippen molar-refractivity contribution in [1.82, 2.24) is 15.2 Å². The van der Waals surface area contributed by atoms with Crippen LogP contribution in [0.25, 0.3) is 22.3 Å². The number of anilines is 1. The van der Waals surface area contributed by atoms with Gasteiger partial charge in [-0.25, -0.2) is 4.98 Å². The highest BCUT2D eigenvalue weighted by atomic mass is 35.5. The van der Waals surface area contributed by atoms with Crippen LogP contribution in [0.2, 0.25) is 5.02 Å². The number of hydrogen-bond acceptors (Lipinski definition) is 3. The number of benzene rings is 2. The number of hydrogen-bond donors (Lipinski definition) is 2. The third kappa shape index (κ3) is 2.77. The molecule has 0 amide bonds. The van der Waals surface area contributed by atoms with Crippen LogP contribution in [0, 0.1) is 0 Å². The van der Waals surface area contributed by atoms with E-state index in [1.807, 2.05) is 24.3 Å². The Morgan fingerprint density at radius 1 is 1.00 bits per heavy atom. The molecular formula is C22H19ClN4. The summed E-state index contributed by atoms with van der Waals surface area (Å²) in [5.41, 5.74) is 12.9. The van der Waals surface area contributed by atoms with Gasteiger partial charge in [0, 0.05) is 10.6 Å². The van der Waals surface area contributed by atoms with E-state index in [-0.39, 0.29) is 0 Å². The lowest BCUT2D eigenvalue weighted by molar-refractivity contribution is 0.588. The molecule has 1 atom stereocenters. The van der Waals surface area contributed by atoms with E-state index in [4.69, 9.17) is 22.3 Å². The summed E-state index contributed by atoms with van der Waals surface area (Å²) in [5.74, 6) is 1.08. The van der Waals surface area contributed by atoms with Crippen LogP contribution in [0.4, 0.5) is 5.82 Å². The van der Waals surface area contributed by atoms with Crippen molar-refractivity contribution >= 4 is 28.5 Å². The smallest absolute Gasteiger partial charge is 0.183 e. The lowest BCUT2D eigenvalue weighted by Gasteiger charge is -2.27. The lowest BCUT2D eigenvalue weighted by atomic mass is 9.78. The van der Waals surface area contributed by atoms with Crippen molar-refractivity contribution in [3.63, 3.8) is 0 Å². The van der Waals surface area contributed by atoms with E-state index in [0.717, 1.165) is 40.9 Å². The summed E-state index contributed by atoms with van der Waals surface area (Å²) >= 11 is 6.07. The molecule has 0 saturated carbocycles. The van der Waals surface area contributed by atoms with E-state index >= 15 is 0 Å². The maximum absolute atomic E-state index is 6.22. The van der Waals surface area contributed by atoms with E-state index in [1.165, 1.54) is 16.7 Å². The number of rotatable bonds is 2. The number of nitrogens with one attached hydrogen (secondary N) is 1. The van der Waals surface area contributed by atoms with Crippen LogP contribution in [0.5, 0.6) is 0 Å². The molecule has 2 aromatic heterocycles. The summed E-state index contributed by atoms with van der Waals surface area (Å²) in [4.78, 5) is 4.84. The Bertz CT molecular complexity index is 1120. The van der Waals surface area contributed by atoms with Crippen LogP contribution < -0.4 is 5.73 Å². The molecular weight excluding hydrogens is 356 g/mol. The molecule has 1 unspecified atom stereocenters. The fourth-order valence-electron chi connectivity index (χ4n) is 4.21. The molecule has 0 spiro atoms. The van der Waals surface area contributed by atoms with E-state index < -0.39 is 0 Å². The normalized spacial score (nSPS) is 16.4. The summed E-state index contributed by atoms with van der Waals surface area (Å²) in [6, 6.07) is 18.6. The standard InChI is InChI=1S/C22H19ClN4/c23-16-9-6-14(7-10-16)20-17-11-8-15(13-4-2-1-3-5-13)12-18(17)19-21(24)26-27-22(19)25-20/h1-7,9-10,15H,8,11-12H2,(H3,24,25,26,27). The highest BCUT2D eigenvalue weighted by Gasteiger charge is 2.27. The minimum atomic E-state index is 0.483. The average Bonchev–Trinajstić information content (AvgIpc) is 3.09. The van der Waals surface area contributed by atoms with Gasteiger partial charge in [-0.1, -0.05) is 54.1 Å². The van der Waals surface area contributed by atoms with Crippen LogP contribution in [-0.2, 0) is 12.8 Å². The zero-order chi connectivity index (χ0) is 18.4. The molecule has 0 fully saturated rings. The van der Waals surface area contributed by atoms with Crippen LogP contribution in [-0.4, -0.2) is 15.2 Å². The summed E-state index contributed by atoms with van der Waals surface area (Å²) in [5, 5.41) is 8.95. The highest BCUT2D eigenvalue weighted by molar-refractivity contribution is 6.30.